The molecule has 0 saturated heterocycles. The molecule has 0 aromatic rings. The van der Waals surface area contributed by atoms with E-state index in [1.165, 1.54) is 0 Å². The van der Waals surface area contributed by atoms with Crippen LogP contribution < -0.4 is 0 Å². The van der Waals surface area contributed by atoms with E-state index in [1.807, 2.05) is 0 Å². The summed E-state index contributed by atoms with van der Waals surface area (Å²) in [5.74, 6) is 0. The van der Waals surface area contributed by atoms with Crippen LogP contribution in [-0.2, 0) is 4.92 Å². The monoisotopic (exact) mass is 466 g/mol. The molecule has 0 heterocycles. The van der Waals surface area contributed by atoms with E-state index in [1.54, 1.807) is 0 Å². The van der Waals surface area contributed by atoms with Crippen molar-refractivity contribution in [1.29, 1.82) is 0 Å². The maximum atomic E-state index is 2.46. The number of halogens is 3. The molecular weight excluding hydrogens is 463 g/mol. The van der Waals surface area contributed by atoms with Crippen molar-refractivity contribution in [1.82, 2.24) is 0 Å². The van der Waals surface area contributed by atoms with E-state index in [9.17, 15) is 0 Å². The van der Waals surface area contributed by atoms with E-state index in [0.29, 0.717) is 0 Å². The fourth-order valence-electron chi connectivity index (χ4n) is 0. The van der Waals surface area contributed by atoms with Gasteiger partial charge in [-0.3, -0.25) is 0 Å². The first kappa shape index (κ1) is 11.1. The van der Waals surface area contributed by atoms with E-state index in [0.717, 1.165) is 0 Å². The second-order valence-corrected chi connectivity index (χ2v) is 35.6. The molecule has 5 heavy (non-hydrogen) atoms. The Morgan fingerprint density at radius 1 is 1.00 bits per heavy atom. The van der Waals surface area contributed by atoms with E-state index < -0.39 is 0 Å². The molecule has 0 saturated carbocycles. The Labute approximate surface area is 72.9 Å². The average Bonchev–Trinajstić information content (AvgIpc) is 0.811. The fraction of sp³-hybridized carbons (Fsp3) is 0. The summed E-state index contributed by atoms with van der Waals surface area (Å²) in [7, 11) is 0. The summed E-state index contributed by atoms with van der Waals surface area (Å²) < 4.78 is 0. The van der Waals surface area contributed by atoms with Crippen molar-refractivity contribution in [3.8, 4) is 0 Å². The normalized spacial score (nSPS) is 7.20. The van der Waals surface area contributed by atoms with Gasteiger partial charge in [-0.25, -0.2) is 0 Å². The molecule has 0 spiro atoms. The first-order chi connectivity index (χ1) is 1.73. The fourth-order valence-corrected chi connectivity index (χ4v) is 0. The Bertz CT molecular complexity index is 11.6. The minimum atomic E-state index is -0.278. The third kappa shape index (κ3) is 19.0. The predicted molar refractivity (Wildman–Crippen MR) is 53.2 cm³/mol. The Morgan fingerprint density at radius 2 is 1.00 bits per heavy atom. The summed E-state index contributed by atoms with van der Waals surface area (Å²) in [6.07, 6.45) is 0. The van der Waals surface area contributed by atoms with Crippen molar-refractivity contribution < 1.29 is 4.92 Å². The van der Waals surface area contributed by atoms with Gasteiger partial charge in [-0.05, 0) is 0 Å². The van der Waals surface area contributed by atoms with E-state index >= 15 is 0 Å². The molecule has 1 atom stereocenters. The average molecular weight is 466 g/mol. The van der Waals surface area contributed by atoms with Gasteiger partial charge in [-0.1, -0.05) is 0 Å². The molecule has 0 N–H and O–H groups in total. The minimum absolute atomic E-state index is 0. The quantitative estimate of drug-likeness (QED) is 0.381. The van der Waals surface area contributed by atoms with Crippen LogP contribution in [0.2, 0.25) is 0 Å². The Balaban J connectivity index is 0. The molecule has 5 heteroatoms. The molecule has 0 nitrogen and oxygen atoms in total. The Hall–Kier alpha value is 3.20. The summed E-state index contributed by atoms with van der Waals surface area (Å²) >= 11 is 7.39. The van der Waals surface area contributed by atoms with Crippen molar-refractivity contribution in [2.45, 2.75) is 0 Å². The molecule has 0 aromatic carbocycles. The molecule has 0 aliphatic heterocycles. The van der Waals surface area contributed by atoms with Gasteiger partial charge >= 0.3 is 64.9 Å². The van der Waals surface area contributed by atoms with Gasteiger partial charge in [0.2, 0.25) is 0 Å². The van der Waals surface area contributed by atoms with Crippen LogP contribution in [0.4, 0.5) is 0 Å². The second-order valence-electron chi connectivity index (χ2n) is 0.192. The van der Waals surface area contributed by atoms with Gasteiger partial charge in [-0.2, -0.15) is 9.90 Å². The third-order valence-corrected chi connectivity index (χ3v) is 0. The zero-order chi connectivity index (χ0) is 3.58. The van der Waals surface area contributed by atoms with Gasteiger partial charge in [0.15, 0.2) is 0 Å². The SMILES string of the molecule is P.[I][V]([I])[I]. The molecule has 0 rings (SSSR count). The molecule has 0 fully saturated rings. The molecule has 0 aliphatic carbocycles. The molecule has 34 valence electrons. The van der Waals surface area contributed by atoms with Crippen LogP contribution in [0.3, 0.4) is 0 Å². The topological polar surface area (TPSA) is 0 Å². The van der Waals surface area contributed by atoms with Crippen LogP contribution in [0.1, 0.15) is 0 Å². The zero-order valence-corrected chi connectivity index (χ0v) is 11.6. The number of hydrogen-bond acceptors (Lipinski definition) is 0. The number of hydrogen-bond donors (Lipinski definition) is 0. The van der Waals surface area contributed by atoms with Crippen molar-refractivity contribution in [3.05, 3.63) is 0 Å². The van der Waals surface area contributed by atoms with E-state index in [-0.39, 0.29) is 14.8 Å². The van der Waals surface area contributed by atoms with Gasteiger partial charge in [0.25, 0.3) is 0 Å². The second kappa shape index (κ2) is 7.20. The Kier molecular flexibility index (Phi) is 15.9. The summed E-state index contributed by atoms with van der Waals surface area (Å²) in [4.78, 5) is -0.278. The molecular formula is H3I3PV. The van der Waals surface area contributed by atoms with Crippen molar-refractivity contribution in [2.75, 3.05) is 0 Å². The molecule has 0 radical (unpaired) electrons. The van der Waals surface area contributed by atoms with Crippen LogP contribution in [0.5, 0.6) is 0 Å². The molecule has 0 aromatic heterocycles. The molecule has 0 amide bonds. The van der Waals surface area contributed by atoms with Crippen LogP contribution in [0.15, 0.2) is 0 Å². The first-order valence-corrected chi connectivity index (χ1v) is 14.0. The van der Waals surface area contributed by atoms with Gasteiger partial charge in [0, 0.05) is 0 Å². The van der Waals surface area contributed by atoms with Gasteiger partial charge < -0.3 is 0 Å². The van der Waals surface area contributed by atoms with Gasteiger partial charge in [0.1, 0.15) is 0 Å². The van der Waals surface area contributed by atoms with Crippen LogP contribution in [0, 0.1) is 0 Å². The molecule has 1 unspecified atom stereocenters. The van der Waals surface area contributed by atoms with Crippen molar-refractivity contribution >= 4 is 69.8 Å². The van der Waals surface area contributed by atoms with Crippen LogP contribution in [-0.4, -0.2) is 0 Å². The summed E-state index contributed by atoms with van der Waals surface area (Å²) in [6, 6.07) is 0. The summed E-state index contributed by atoms with van der Waals surface area (Å²) in [5.41, 5.74) is 0. The third-order valence-electron chi connectivity index (χ3n) is 0. The first-order valence-electron chi connectivity index (χ1n) is 0.507. The van der Waals surface area contributed by atoms with Crippen molar-refractivity contribution in [3.63, 3.8) is 0 Å². The van der Waals surface area contributed by atoms with Crippen LogP contribution in [0.25, 0.3) is 0 Å². The van der Waals surface area contributed by atoms with Crippen LogP contribution >= 0.6 is 69.8 Å². The zero-order valence-electron chi connectivity index (χ0n) is 2.29. The Morgan fingerprint density at radius 3 is 1.00 bits per heavy atom. The molecule has 0 bridgehead atoms. The standard InChI is InChI=1S/3HI.H3P.V/h3*1H;1H3;/q;;;;+3/p-3. The predicted octanol–water partition coefficient (Wildman–Crippen LogP) is 2.71. The number of rotatable bonds is 0. The maximum absolute atomic E-state index is 2.46. The summed E-state index contributed by atoms with van der Waals surface area (Å²) in [5, 5.41) is 0. The van der Waals surface area contributed by atoms with E-state index in [4.69, 9.17) is 0 Å². The van der Waals surface area contributed by atoms with Gasteiger partial charge in [0.05, 0.1) is 0 Å². The van der Waals surface area contributed by atoms with E-state index in [2.05, 4.69) is 59.9 Å². The van der Waals surface area contributed by atoms with Crippen molar-refractivity contribution in [2.24, 2.45) is 0 Å². The van der Waals surface area contributed by atoms with Gasteiger partial charge in [-0.15, -0.1) is 0 Å². The molecule has 0 aliphatic rings. The summed E-state index contributed by atoms with van der Waals surface area (Å²) in [6.45, 7) is 0.